The van der Waals surface area contributed by atoms with Crippen molar-refractivity contribution in [3.8, 4) is 0 Å². The van der Waals surface area contributed by atoms with Crippen LogP contribution in [0.2, 0.25) is 5.02 Å². The van der Waals surface area contributed by atoms with Gasteiger partial charge in [-0.2, -0.15) is 0 Å². The van der Waals surface area contributed by atoms with Crippen molar-refractivity contribution >= 4 is 11.6 Å². The Morgan fingerprint density at radius 1 is 0.935 bits per heavy atom. The quantitative estimate of drug-likeness (QED) is 0.459. The number of nitrogens with zero attached hydrogens (tertiary/aromatic N) is 5. The lowest BCUT2D eigenvalue weighted by Crippen LogP contribution is -2.36. The molecule has 0 saturated heterocycles. The van der Waals surface area contributed by atoms with Gasteiger partial charge in [0.2, 0.25) is 0 Å². The van der Waals surface area contributed by atoms with Gasteiger partial charge in [-0.15, -0.1) is 5.10 Å². The zero-order chi connectivity index (χ0) is 21.2. The molecule has 0 radical (unpaired) electrons. The third-order valence-corrected chi connectivity index (χ3v) is 6.01. The number of tetrazole rings is 1. The molecule has 0 N–H and O–H groups in total. The van der Waals surface area contributed by atoms with Crippen molar-refractivity contribution in [1.82, 2.24) is 25.1 Å². The summed E-state index contributed by atoms with van der Waals surface area (Å²) in [6, 6.07) is 22.7. The Hall–Kier alpha value is -3.09. The summed E-state index contributed by atoms with van der Waals surface area (Å²) in [7, 11) is 0. The first-order valence-electron chi connectivity index (χ1n) is 10.2. The largest absolute Gasteiger partial charge is 0.285 e. The minimum atomic E-state index is -0.258. The molecule has 1 aromatic heterocycles. The van der Waals surface area contributed by atoms with E-state index < -0.39 is 0 Å². The Labute approximate surface area is 185 Å². The molecule has 7 heteroatoms. The molecule has 0 bridgehead atoms. The molecule has 1 atom stereocenters. The number of halogens is 2. The zero-order valence-electron chi connectivity index (χ0n) is 16.8. The van der Waals surface area contributed by atoms with Gasteiger partial charge in [0.1, 0.15) is 5.82 Å². The Balaban J connectivity index is 1.52. The van der Waals surface area contributed by atoms with Gasteiger partial charge in [0.15, 0.2) is 5.82 Å². The molecule has 3 aromatic carbocycles. The Morgan fingerprint density at radius 3 is 2.45 bits per heavy atom. The van der Waals surface area contributed by atoms with E-state index in [4.69, 9.17) is 11.6 Å². The van der Waals surface area contributed by atoms with Gasteiger partial charge in [-0.25, -0.2) is 9.07 Å². The summed E-state index contributed by atoms with van der Waals surface area (Å²) < 4.78 is 15.1. The molecule has 31 heavy (non-hydrogen) atoms. The average Bonchev–Trinajstić information content (AvgIpc) is 3.24. The molecule has 156 valence electrons. The van der Waals surface area contributed by atoms with Crippen LogP contribution in [0, 0.1) is 5.82 Å². The van der Waals surface area contributed by atoms with Crippen LogP contribution in [0.15, 0.2) is 72.8 Å². The summed E-state index contributed by atoms with van der Waals surface area (Å²) in [4.78, 5) is 2.40. The smallest absolute Gasteiger partial charge is 0.173 e. The standard InChI is InChI=1S/C24H21ClFN5/c25-21-9-7-19(8-10-21)23(30-14-13-18-3-1-2-4-20(18)16-30)24-27-28-29-31(24)15-17-5-11-22(26)12-6-17/h1-12,23H,13-16H2/t23-/m0/s1. The fourth-order valence-corrected chi connectivity index (χ4v) is 4.31. The first kappa shape index (κ1) is 19.8. The van der Waals surface area contributed by atoms with Crippen molar-refractivity contribution in [2.24, 2.45) is 0 Å². The predicted octanol–water partition coefficient (Wildman–Crippen LogP) is 4.66. The van der Waals surface area contributed by atoms with Gasteiger partial charge in [0, 0.05) is 18.1 Å². The fraction of sp³-hybridized carbons (Fsp3) is 0.208. The molecule has 5 rings (SSSR count). The maximum absolute atomic E-state index is 13.3. The van der Waals surface area contributed by atoms with E-state index in [-0.39, 0.29) is 11.9 Å². The minimum absolute atomic E-state index is 0.124. The molecule has 2 heterocycles. The van der Waals surface area contributed by atoms with Gasteiger partial charge < -0.3 is 0 Å². The van der Waals surface area contributed by atoms with Crippen LogP contribution in [0.3, 0.4) is 0 Å². The van der Waals surface area contributed by atoms with Crippen LogP contribution in [-0.2, 0) is 19.5 Å². The second-order valence-electron chi connectivity index (χ2n) is 7.76. The highest BCUT2D eigenvalue weighted by atomic mass is 35.5. The van der Waals surface area contributed by atoms with E-state index in [9.17, 15) is 4.39 Å². The first-order valence-corrected chi connectivity index (χ1v) is 10.6. The van der Waals surface area contributed by atoms with E-state index in [2.05, 4.69) is 44.7 Å². The number of benzene rings is 3. The average molecular weight is 434 g/mol. The van der Waals surface area contributed by atoms with E-state index in [1.165, 1.54) is 23.3 Å². The minimum Gasteiger partial charge on any atom is -0.285 e. The number of fused-ring (bicyclic) bond motifs is 1. The summed E-state index contributed by atoms with van der Waals surface area (Å²) in [5.74, 6) is 0.498. The molecule has 4 aromatic rings. The molecule has 0 spiro atoms. The molecular weight excluding hydrogens is 413 g/mol. The lowest BCUT2D eigenvalue weighted by Gasteiger charge is -2.35. The number of aromatic nitrogens is 4. The summed E-state index contributed by atoms with van der Waals surface area (Å²) in [6.45, 7) is 2.18. The van der Waals surface area contributed by atoms with Crippen LogP contribution in [0.4, 0.5) is 4.39 Å². The van der Waals surface area contributed by atoms with E-state index >= 15 is 0 Å². The fourth-order valence-electron chi connectivity index (χ4n) is 4.19. The molecule has 1 aliphatic rings. The maximum atomic E-state index is 13.3. The summed E-state index contributed by atoms with van der Waals surface area (Å²) >= 11 is 6.16. The third-order valence-electron chi connectivity index (χ3n) is 5.76. The van der Waals surface area contributed by atoms with Gasteiger partial charge in [-0.05, 0) is 63.4 Å². The van der Waals surface area contributed by atoms with E-state index in [1.807, 2.05) is 24.3 Å². The van der Waals surface area contributed by atoms with Crippen molar-refractivity contribution in [2.45, 2.75) is 25.6 Å². The maximum Gasteiger partial charge on any atom is 0.173 e. The van der Waals surface area contributed by atoms with Crippen molar-refractivity contribution in [3.05, 3.63) is 112 Å². The molecule has 0 fully saturated rings. The molecular formula is C24H21ClFN5. The van der Waals surface area contributed by atoms with Crippen molar-refractivity contribution in [2.75, 3.05) is 6.54 Å². The highest BCUT2D eigenvalue weighted by Gasteiger charge is 2.30. The Bertz CT molecular complexity index is 1170. The van der Waals surface area contributed by atoms with E-state index in [0.717, 1.165) is 36.5 Å². The molecule has 0 aliphatic carbocycles. The Morgan fingerprint density at radius 2 is 1.68 bits per heavy atom. The van der Waals surface area contributed by atoms with Crippen molar-refractivity contribution in [1.29, 1.82) is 0 Å². The van der Waals surface area contributed by atoms with Gasteiger partial charge >= 0.3 is 0 Å². The summed E-state index contributed by atoms with van der Waals surface area (Å²) in [6.07, 6.45) is 0.972. The van der Waals surface area contributed by atoms with Crippen LogP contribution < -0.4 is 0 Å². The van der Waals surface area contributed by atoms with Crippen LogP contribution in [0.25, 0.3) is 0 Å². The topological polar surface area (TPSA) is 46.8 Å². The van der Waals surface area contributed by atoms with Gasteiger partial charge in [-0.1, -0.05) is 60.1 Å². The van der Waals surface area contributed by atoms with Crippen molar-refractivity contribution in [3.63, 3.8) is 0 Å². The predicted molar refractivity (Wildman–Crippen MR) is 117 cm³/mol. The summed E-state index contributed by atoms with van der Waals surface area (Å²) in [5, 5.41) is 13.3. The molecule has 0 amide bonds. The third kappa shape index (κ3) is 4.22. The second kappa shape index (κ2) is 8.57. The van der Waals surface area contributed by atoms with Gasteiger partial charge in [-0.3, -0.25) is 4.90 Å². The van der Waals surface area contributed by atoms with Crippen LogP contribution in [-0.4, -0.2) is 31.7 Å². The molecule has 0 unspecified atom stereocenters. The van der Waals surface area contributed by atoms with Gasteiger partial charge in [0.05, 0.1) is 12.6 Å². The van der Waals surface area contributed by atoms with E-state index in [1.54, 1.807) is 16.8 Å². The normalized spacial score (nSPS) is 14.9. The molecule has 5 nitrogen and oxygen atoms in total. The van der Waals surface area contributed by atoms with Crippen LogP contribution >= 0.6 is 11.6 Å². The molecule has 0 saturated carbocycles. The van der Waals surface area contributed by atoms with Crippen molar-refractivity contribution < 1.29 is 4.39 Å². The van der Waals surface area contributed by atoms with Gasteiger partial charge in [0.25, 0.3) is 0 Å². The SMILES string of the molecule is Fc1ccc(Cn2nnnc2[C@H](c2ccc(Cl)cc2)N2CCc3ccccc3C2)cc1. The lowest BCUT2D eigenvalue weighted by atomic mass is 9.96. The Kier molecular flexibility index (Phi) is 5.49. The number of rotatable bonds is 5. The second-order valence-corrected chi connectivity index (χ2v) is 8.20. The highest BCUT2D eigenvalue weighted by Crippen LogP contribution is 2.32. The van der Waals surface area contributed by atoms with Crippen LogP contribution in [0.5, 0.6) is 0 Å². The first-order chi connectivity index (χ1) is 15.2. The van der Waals surface area contributed by atoms with Crippen LogP contribution in [0.1, 0.15) is 34.1 Å². The number of hydrogen-bond acceptors (Lipinski definition) is 4. The number of hydrogen-bond donors (Lipinski definition) is 0. The monoisotopic (exact) mass is 433 g/mol. The molecule has 1 aliphatic heterocycles. The van der Waals surface area contributed by atoms with E-state index in [0.29, 0.717) is 11.6 Å². The zero-order valence-corrected chi connectivity index (χ0v) is 17.6. The lowest BCUT2D eigenvalue weighted by molar-refractivity contribution is 0.195. The summed E-state index contributed by atoms with van der Waals surface area (Å²) in [5.41, 5.74) is 4.73. The highest BCUT2D eigenvalue weighted by molar-refractivity contribution is 6.30.